The maximum absolute atomic E-state index is 15.8. The van der Waals surface area contributed by atoms with Crippen molar-refractivity contribution in [2.75, 3.05) is 20.6 Å². The quantitative estimate of drug-likeness (QED) is 0.434. The molecule has 188 valence electrons. The number of nitrogens with zero attached hydrogens (tertiary/aromatic N) is 2. The Morgan fingerprint density at radius 1 is 1.26 bits per heavy atom. The van der Waals surface area contributed by atoms with E-state index in [9.17, 15) is 9.90 Å². The lowest BCUT2D eigenvalue weighted by molar-refractivity contribution is -0.128. The number of imidazole rings is 1. The number of carbonyl (C=O) groups excluding carboxylic acids is 1. The number of aromatic hydroxyl groups is 1. The second-order valence-electron chi connectivity index (χ2n) is 10.2. The highest BCUT2D eigenvalue weighted by molar-refractivity contribution is 5.78. The number of hydrazine groups is 1. The van der Waals surface area contributed by atoms with Crippen LogP contribution >= 0.6 is 0 Å². The Hall–Kier alpha value is -2.75. The van der Waals surface area contributed by atoms with Gasteiger partial charge in [0.1, 0.15) is 17.7 Å². The number of phenolic OH excluding ortho intramolecular Hbond substituents is 1. The van der Waals surface area contributed by atoms with Crippen molar-refractivity contribution in [2.24, 2.45) is 5.92 Å². The number of halogens is 1. The molecule has 0 radical (unpaired) electrons. The highest BCUT2D eigenvalue weighted by Crippen LogP contribution is 2.45. The third-order valence-corrected chi connectivity index (χ3v) is 7.83. The van der Waals surface area contributed by atoms with E-state index in [1.54, 1.807) is 31.1 Å². The fraction of sp³-hybridized carbons (Fsp3) is 0.538. The number of H-pyrrole nitrogens is 1. The molecule has 0 spiro atoms. The van der Waals surface area contributed by atoms with Crippen molar-refractivity contribution in [3.63, 3.8) is 0 Å². The Kier molecular flexibility index (Phi) is 6.65. The number of nitrogens with one attached hydrogen (secondary N) is 4. The summed E-state index contributed by atoms with van der Waals surface area (Å²) in [4.78, 5) is 21.7. The number of hydrogen-bond acceptors (Lipinski definition) is 6. The molecule has 2 fully saturated rings. The fourth-order valence-corrected chi connectivity index (χ4v) is 5.86. The van der Waals surface area contributed by atoms with Crippen LogP contribution in [-0.4, -0.2) is 64.8 Å². The highest BCUT2D eigenvalue weighted by atomic mass is 19.1. The van der Waals surface area contributed by atoms with Gasteiger partial charge >= 0.3 is 0 Å². The third kappa shape index (κ3) is 4.60. The van der Waals surface area contributed by atoms with Crippen molar-refractivity contribution in [3.8, 4) is 5.75 Å². The maximum atomic E-state index is 15.8. The van der Waals surface area contributed by atoms with Crippen LogP contribution in [0, 0.1) is 5.92 Å². The monoisotopic (exact) mass is 482 g/mol. The number of amides is 1. The normalized spacial score (nSPS) is 30.2. The van der Waals surface area contributed by atoms with Crippen molar-refractivity contribution in [1.82, 2.24) is 31.0 Å². The lowest BCUT2D eigenvalue weighted by Crippen LogP contribution is -2.45. The third-order valence-electron chi connectivity index (χ3n) is 7.83. The predicted octanol–water partition coefficient (Wildman–Crippen LogP) is 2.56. The van der Waals surface area contributed by atoms with Crippen LogP contribution in [0.3, 0.4) is 0 Å². The van der Waals surface area contributed by atoms with Crippen molar-refractivity contribution in [1.29, 1.82) is 0 Å². The number of aromatic amines is 1. The van der Waals surface area contributed by atoms with Gasteiger partial charge in [0.05, 0.1) is 24.0 Å². The van der Waals surface area contributed by atoms with Gasteiger partial charge in [-0.05, 0) is 48.1 Å². The minimum Gasteiger partial charge on any atom is -0.508 e. The van der Waals surface area contributed by atoms with Crippen LogP contribution in [0.25, 0.3) is 5.57 Å². The van der Waals surface area contributed by atoms with Crippen LogP contribution in [0.15, 0.2) is 30.5 Å². The van der Waals surface area contributed by atoms with E-state index >= 15 is 4.39 Å². The molecular weight excluding hydrogens is 447 g/mol. The van der Waals surface area contributed by atoms with Crippen molar-refractivity contribution in [2.45, 2.75) is 62.8 Å². The standard InChI is InChI=1S/C26H35FN6O2/c1-4-14-10-17(34)5-6-18(14)19-7-8-20-24(23(19)27)31-32-25(20)26-29-13-21(30-26)15-9-16(28-12-15)11-22(35)33(2)3/h5-6,9-10,13,16,19-20,23-25,28,31-32,34H,4,7-8,11-12H2,1-3H3,(H,29,30)/t16-,19?,20?,23?,24?,25?/m0/s1. The SMILES string of the molecule is CCc1cc(O)ccc1C1CCC2C(c3ncc(C4=C[C@@H](CC(=O)N(C)C)NC4)[nH]3)NNC2C1F. The van der Waals surface area contributed by atoms with Gasteiger partial charge in [0.25, 0.3) is 0 Å². The van der Waals surface area contributed by atoms with Crippen molar-refractivity contribution >= 4 is 11.5 Å². The summed E-state index contributed by atoms with van der Waals surface area (Å²) < 4.78 is 15.8. The second-order valence-corrected chi connectivity index (χ2v) is 10.2. The number of phenols is 1. The first-order chi connectivity index (χ1) is 16.9. The minimum atomic E-state index is -1.03. The van der Waals surface area contributed by atoms with E-state index in [4.69, 9.17) is 0 Å². The zero-order valence-electron chi connectivity index (χ0n) is 20.5. The minimum absolute atomic E-state index is 0.0118. The van der Waals surface area contributed by atoms with E-state index in [1.165, 1.54) is 0 Å². The molecule has 1 aliphatic carbocycles. The van der Waals surface area contributed by atoms with E-state index in [-0.39, 0.29) is 41.6 Å². The van der Waals surface area contributed by atoms with Crippen molar-refractivity contribution < 1.29 is 14.3 Å². The Bertz CT molecular complexity index is 1120. The molecule has 1 aromatic carbocycles. The van der Waals surface area contributed by atoms with Gasteiger partial charge < -0.3 is 20.3 Å². The summed E-state index contributed by atoms with van der Waals surface area (Å²) in [5, 5.41) is 13.2. The van der Waals surface area contributed by atoms with E-state index < -0.39 is 6.17 Å². The number of rotatable bonds is 6. The average molecular weight is 483 g/mol. The Balaban J connectivity index is 1.28. The molecule has 8 nitrogen and oxygen atoms in total. The van der Waals surface area contributed by atoms with Crippen molar-refractivity contribution in [3.05, 3.63) is 53.1 Å². The molecule has 2 aromatic rings. The summed E-state index contributed by atoms with van der Waals surface area (Å²) in [6, 6.07) is 4.91. The number of benzene rings is 1. The summed E-state index contributed by atoms with van der Waals surface area (Å²) in [6.45, 7) is 2.71. The predicted molar refractivity (Wildman–Crippen MR) is 132 cm³/mol. The van der Waals surface area contributed by atoms with Gasteiger partial charge in [0.15, 0.2) is 0 Å². The molecule has 2 aliphatic heterocycles. The lowest BCUT2D eigenvalue weighted by atomic mass is 9.71. The van der Waals surface area contributed by atoms with Crippen LogP contribution < -0.4 is 16.2 Å². The van der Waals surface area contributed by atoms with E-state index in [2.05, 4.69) is 32.2 Å². The number of alkyl halides is 1. The summed E-state index contributed by atoms with van der Waals surface area (Å²) in [6.07, 6.45) is 5.70. The Morgan fingerprint density at radius 3 is 2.86 bits per heavy atom. The molecule has 5 N–H and O–H groups in total. The van der Waals surface area contributed by atoms with Gasteiger partial charge in [0.2, 0.25) is 5.91 Å². The molecular formula is C26H35FN6O2. The zero-order chi connectivity index (χ0) is 24.7. The topological polar surface area (TPSA) is 105 Å². The lowest BCUT2D eigenvalue weighted by Gasteiger charge is -2.36. The molecule has 5 unspecified atom stereocenters. The molecule has 5 rings (SSSR count). The molecule has 3 aliphatic rings. The molecule has 0 bridgehead atoms. The number of carbonyl (C=O) groups is 1. The van der Waals surface area contributed by atoms with Gasteiger partial charge in [-0.3, -0.25) is 10.2 Å². The summed E-state index contributed by atoms with van der Waals surface area (Å²) in [7, 11) is 3.53. The van der Waals surface area contributed by atoms with Crippen LogP contribution in [0.5, 0.6) is 5.75 Å². The van der Waals surface area contributed by atoms with E-state index in [0.29, 0.717) is 13.0 Å². The molecule has 1 amide bonds. The number of hydrogen-bond donors (Lipinski definition) is 5. The molecule has 35 heavy (non-hydrogen) atoms. The first-order valence-corrected chi connectivity index (χ1v) is 12.5. The van der Waals surface area contributed by atoms with E-state index in [0.717, 1.165) is 47.5 Å². The summed E-state index contributed by atoms with van der Waals surface area (Å²) in [5.74, 6) is 1.02. The van der Waals surface area contributed by atoms with Gasteiger partial charge in [-0.2, -0.15) is 0 Å². The molecule has 3 heterocycles. The Morgan fingerprint density at radius 2 is 2.09 bits per heavy atom. The van der Waals surface area contributed by atoms with Gasteiger partial charge in [-0.15, -0.1) is 0 Å². The highest BCUT2D eigenvalue weighted by Gasteiger charge is 2.48. The van der Waals surface area contributed by atoms with Crippen LogP contribution in [0.2, 0.25) is 0 Å². The second kappa shape index (κ2) is 9.72. The van der Waals surface area contributed by atoms with Crippen LogP contribution in [-0.2, 0) is 11.2 Å². The van der Waals surface area contributed by atoms with Gasteiger partial charge in [0, 0.05) is 44.9 Å². The van der Waals surface area contributed by atoms with Crippen LogP contribution in [0.4, 0.5) is 4.39 Å². The molecule has 1 saturated heterocycles. The number of aryl methyl sites for hydroxylation is 1. The zero-order valence-corrected chi connectivity index (χ0v) is 20.5. The summed E-state index contributed by atoms with van der Waals surface area (Å²) >= 11 is 0. The maximum Gasteiger partial charge on any atom is 0.223 e. The molecule has 6 atom stereocenters. The number of fused-ring (bicyclic) bond motifs is 1. The molecule has 1 aromatic heterocycles. The smallest absolute Gasteiger partial charge is 0.223 e. The summed E-state index contributed by atoms with van der Waals surface area (Å²) in [5.41, 5.74) is 10.6. The average Bonchev–Trinajstić information content (AvgIpc) is 3.58. The fourth-order valence-electron chi connectivity index (χ4n) is 5.86. The Labute approximate surface area is 205 Å². The first-order valence-electron chi connectivity index (χ1n) is 12.5. The van der Waals surface area contributed by atoms with Gasteiger partial charge in [-0.25, -0.2) is 14.8 Å². The first kappa shape index (κ1) is 24.0. The van der Waals surface area contributed by atoms with E-state index in [1.807, 2.05) is 19.2 Å². The van der Waals surface area contributed by atoms with Gasteiger partial charge in [-0.1, -0.05) is 19.1 Å². The largest absolute Gasteiger partial charge is 0.508 e. The van der Waals surface area contributed by atoms with Crippen LogP contribution in [0.1, 0.15) is 60.8 Å². The number of aromatic nitrogens is 2. The molecule has 9 heteroatoms. The molecule has 1 saturated carbocycles.